The number of halogens is 2. The Morgan fingerprint density at radius 1 is 0.923 bits per heavy atom. The van der Waals surface area contributed by atoms with Crippen LogP contribution in [0.5, 0.6) is 0 Å². The van der Waals surface area contributed by atoms with Crippen LogP contribution in [0.1, 0.15) is 11.1 Å². The third kappa shape index (κ3) is 9.73. The maximum Gasteiger partial charge on any atom is 0.310 e. The molecule has 0 aromatic carbocycles. The van der Waals surface area contributed by atoms with Crippen LogP contribution in [0.4, 0.5) is 0 Å². The summed E-state index contributed by atoms with van der Waals surface area (Å²) < 4.78 is 8.91. The molecule has 11 heteroatoms. The number of nitrogens with zero attached hydrogens (tertiary/aromatic N) is 4. The number of carbonyl (C=O) groups excluding carboxylic acids is 2. The second-order valence-electron chi connectivity index (χ2n) is 4.19. The second kappa shape index (κ2) is 14.5. The summed E-state index contributed by atoms with van der Waals surface area (Å²) >= 11 is 11.4. The number of hydrogen-bond donors (Lipinski definition) is 0. The Balaban J connectivity index is 0. The van der Waals surface area contributed by atoms with E-state index >= 15 is 0 Å². The number of aromatic nitrogens is 4. The van der Waals surface area contributed by atoms with Crippen molar-refractivity contribution in [3.05, 3.63) is 53.9 Å². The number of carbonyl (C=O) groups is 2. The van der Waals surface area contributed by atoms with Gasteiger partial charge in [0.25, 0.3) is 0 Å². The Labute approximate surface area is 175 Å². The van der Waals surface area contributed by atoms with Crippen LogP contribution < -0.4 is 0 Å². The van der Waals surface area contributed by atoms with Gasteiger partial charge in [0.05, 0.1) is 27.1 Å². The summed E-state index contributed by atoms with van der Waals surface area (Å²) in [6.07, 6.45) is 6.03. The van der Waals surface area contributed by atoms with E-state index < -0.39 is 5.97 Å². The van der Waals surface area contributed by atoms with Crippen molar-refractivity contribution in [2.45, 2.75) is 12.8 Å². The summed E-state index contributed by atoms with van der Waals surface area (Å²) in [6, 6.07) is 0. The predicted octanol–water partition coefficient (Wildman–Crippen LogP) is 2.14. The molecule has 0 amide bonds. The number of esters is 2. The number of methoxy groups -OCH3 is 2. The summed E-state index contributed by atoms with van der Waals surface area (Å²) in [7, 11) is 2.64. The molecule has 26 heavy (non-hydrogen) atoms. The molecule has 0 radical (unpaired) electrons. The molecule has 0 N–H and O–H groups in total. The van der Waals surface area contributed by atoms with Gasteiger partial charge in [0, 0.05) is 38.4 Å². The molecular weight excluding hydrogens is 478 g/mol. The van der Waals surface area contributed by atoms with Crippen molar-refractivity contribution in [1.29, 1.82) is 0 Å². The number of ether oxygens (including phenoxy) is 2. The molecule has 2 heterocycles. The third-order valence-corrected chi connectivity index (χ3v) is 3.23. The van der Waals surface area contributed by atoms with Gasteiger partial charge in [-0.1, -0.05) is 23.2 Å². The molecule has 146 valence electrons. The van der Waals surface area contributed by atoms with Gasteiger partial charge in [0.1, 0.15) is 23.0 Å². The second-order valence-corrected chi connectivity index (χ2v) is 4.90. The van der Waals surface area contributed by atoms with Crippen LogP contribution >= 0.6 is 23.2 Å². The van der Waals surface area contributed by atoms with E-state index in [1.165, 1.54) is 26.9 Å². The fraction of sp³-hybridized carbons (Fsp3) is 0.267. The van der Waals surface area contributed by atoms with E-state index in [0.717, 1.165) is 5.56 Å². The minimum Gasteiger partial charge on any atom is -0.469 e. The fourth-order valence-corrected chi connectivity index (χ4v) is 1.84. The summed E-state index contributed by atoms with van der Waals surface area (Å²) in [5.41, 5.74) is 1.15. The van der Waals surface area contributed by atoms with Crippen molar-refractivity contribution in [2.75, 3.05) is 14.2 Å². The average Bonchev–Trinajstić information content (AvgIpc) is 2.59. The van der Waals surface area contributed by atoms with E-state index in [2.05, 4.69) is 29.4 Å². The van der Waals surface area contributed by atoms with Crippen molar-refractivity contribution in [3.8, 4) is 0 Å². The normalized spacial score (nSPS) is 8.77. The Kier molecular flexibility index (Phi) is 14.8. The summed E-state index contributed by atoms with van der Waals surface area (Å²) in [5, 5.41) is 0.343. The minimum atomic E-state index is -0.432. The molecule has 0 aliphatic carbocycles. The monoisotopic (exact) mass is 493 g/mol. The molecule has 2 aromatic rings. The van der Waals surface area contributed by atoms with E-state index in [1.54, 1.807) is 12.4 Å². The van der Waals surface area contributed by atoms with Crippen molar-refractivity contribution in [1.82, 2.24) is 19.9 Å². The molecule has 0 fully saturated rings. The van der Waals surface area contributed by atoms with E-state index in [0.29, 0.717) is 5.56 Å². The molecule has 0 aliphatic rings. The van der Waals surface area contributed by atoms with Crippen molar-refractivity contribution >= 4 is 35.1 Å². The zero-order valence-electron chi connectivity index (χ0n) is 14.2. The molecule has 0 atom stereocenters. The van der Waals surface area contributed by atoms with Gasteiger partial charge in [-0.3, -0.25) is 9.59 Å². The Morgan fingerprint density at radius 2 is 1.38 bits per heavy atom. The smallest absolute Gasteiger partial charge is 0.310 e. The predicted molar refractivity (Wildman–Crippen MR) is 91.9 cm³/mol. The van der Waals surface area contributed by atoms with Crippen LogP contribution in [-0.2, 0) is 52.3 Å². The fourth-order valence-electron chi connectivity index (χ4n) is 1.39. The van der Waals surface area contributed by atoms with E-state index in [-0.39, 0.29) is 57.0 Å². The van der Waals surface area contributed by atoms with Crippen molar-refractivity contribution in [3.63, 3.8) is 0 Å². The minimum absolute atomic E-state index is 0. The quantitative estimate of drug-likeness (QED) is 0.276. The number of rotatable bonds is 4. The van der Waals surface area contributed by atoms with Gasteiger partial charge in [0.2, 0.25) is 0 Å². The van der Waals surface area contributed by atoms with Gasteiger partial charge in [-0.2, -0.15) is 0 Å². The first-order valence-electron chi connectivity index (χ1n) is 6.50. The zero-order valence-corrected chi connectivity index (χ0v) is 17.3. The van der Waals surface area contributed by atoms with E-state index in [9.17, 15) is 9.59 Å². The molecule has 0 saturated carbocycles. The van der Waals surface area contributed by atoms with Gasteiger partial charge in [0.15, 0.2) is 0 Å². The summed E-state index contributed by atoms with van der Waals surface area (Å²) in [4.78, 5) is 36.5. The molecule has 2 rings (SSSR count). The summed E-state index contributed by atoms with van der Waals surface area (Å²) in [6.45, 7) is 0. The van der Waals surface area contributed by atoms with Gasteiger partial charge in [-0.15, -0.1) is 0 Å². The topological polar surface area (TPSA) is 104 Å². The summed E-state index contributed by atoms with van der Waals surface area (Å²) in [5.74, 6) is -0.710. The van der Waals surface area contributed by atoms with Gasteiger partial charge in [-0.25, -0.2) is 19.9 Å². The molecule has 8 nitrogen and oxygen atoms in total. The van der Waals surface area contributed by atoms with Gasteiger partial charge >= 0.3 is 11.9 Å². The average molecular weight is 495 g/mol. The SMILES string of the molecule is COC(=O)Cc1c(Cl)ncnc1Cl.COC(=O)Cc1cncnc1.[CH3-].[Pd]. The Morgan fingerprint density at radius 3 is 1.85 bits per heavy atom. The van der Waals surface area contributed by atoms with E-state index in [1.807, 2.05) is 0 Å². The third-order valence-electron chi connectivity index (χ3n) is 2.58. The zero-order chi connectivity index (χ0) is 17.9. The Hall–Kier alpha value is -1.66. The van der Waals surface area contributed by atoms with Crippen LogP contribution in [0.3, 0.4) is 0 Å². The van der Waals surface area contributed by atoms with Gasteiger partial charge in [-0.05, 0) is 5.56 Å². The maximum atomic E-state index is 10.9. The maximum absolute atomic E-state index is 10.9. The first kappa shape index (κ1) is 26.6. The molecule has 0 unspecified atom stereocenters. The van der Waals surface area contributed by atoms with Crippen LogP contribution in [0, 0.1) is 7.43 Å². The van der Waals surface area contributed by atoms with Crippen LogP contribution in [0.25, 0.3) is 0 Å². The molecule has 0 bridgehead atoms. The van der Waals surface area contributed by atoms with Crippen LogP contribution in [0.15, 0.2) is 25.0 Å². The largest absolute Gasteiger partial charge is 0.469 e. The first-order valence-corrected chi connectivity index (χ1v) is 7.25. The van der Waals surface area contributed by atoms with Gasteiger partial charge < -0.3 is 16.9 Å². The van der Waals surface area contributed by atoms with Crippen molar-refractivity contribution in [2.24, 2.45) is 0 Å². The standard InChI is InChI=1S/C7H6Cl2N2O2.C7H8N2O2.CH3.Pd/c1-13-5(12)2-4-6(8)10-3-11-7(4)9;1-11-7(10)2-6-3-8-5-9-4-6;;/h3H,2H2,1H3;3-5H,2H2,1H3;1H3;/q;;-1;. The number of hydrogen-bond acceptors (Lipinski definition) is 8. The van der Waals surface area contributed by atoms with Crippen molar-refractivity contribution < 1.29 is 39.5 Å². The molecular formula is C15H17Cl2N4O4Pd-. The first-order chi connectivity index (χ1) is 11.5. The van der Waals surface area contributed by atoms with E-state index in [4.69, 9.17) is 23.2 Å². The molecule has 0 spiro atoms. The Bertz CT molecular complexity index is 672. The van der Waals surface area contributed by atoms with Crippen LogP contribution in [0.2, 0.25) is 10.3 Å². The van der Waals surface area contributed by atoms with Crippen LogP contribution in [-0.4, -0.2) is 46.1 Å². The molecule has 0 saturated heterocycles. The molecule has 0 aliphatic heterocycles. The molecule has 2 aromatic heterocycles.